The highest BCUT2D eigenvalue weighted by atomic mass is 16.5. The van der Waals surface area contributed by atoms with Crippen molar-refractivity contribution in [2.24, 2.45) is 17.8 Å². The molecule has 4 N–H and O–H groups in total. The molecular weight excluding hydrogens is 554 g/mol. The van der Waals surface area contributed by atoms with Crippen LogP contribution in [0.3, 0.4) is 0 Å². The molecule has 240 valence electrons. The fourth-order valence-corrected chi connectivity index (χ4v) is 3.97. The fourth-order valence-electron chi connectivity index (χ4n) is 3.97. The minimum atomic E-state index is -1.20. The Bertz CT molecular complexity index is 888. The average molecular weight is 602 g/mol. The number of carboxylic acids is 3. The highest BCUT2D eigenvalue weighted by Gasteiger charge is 2.23. The molecule has 0 spiro atoms. The zero-order valence-electron chi connectivity index (χ0n) is 24.8. The van der Waals surface area contributed by atoms with Gasteiger partial charge in [0, 0.05) is 45.1 Å². The van der Waals surface area contributed by atoms with Crippen LogP contribution >= 0.6 is 0 Å². The molecule has 0 aromatic heterocycles. The highest BCUT2D eigenvalue weighted by Crippen LogP contribution is 2.17. The highest BCUT2D eigenvalue weighted by molar-refractivity contribution is 5.85. The summed E-state index contributed by atoms with van der Waals surface area (Å²) in [5.41, 5.74) is 0. The first-order valence-corrected chi connectivity index (χ1v) is 14.5. The van der Waals surface area contributed by atoms with E-state index in [1.165, 1.54) is 6.92 Å². The van der Waals surface area contributed by atoms with Crippen molar-refractivity contribution in [1.29, 1.82) is 0 Å². The lowest BCUT2D eigenvalue weighted by atomic mass is 9.93. The van der Waals surface area contributed by atoms with Gasteiger partial charge in [-0.3, -0.25) is 33.6 Å². The van der Waals surface area contributed by atoms with Crippen LogP contribution in [0.2, 0.25) is 0 Å². The molecule has 0 aliphatic rings. The van der Waals surface area contributed by atoms with Crippen LogP contribution < -0.4 is 5.32 Å². The number of carboxylic acid groups (broad SMARTS) is 3. The zero-order valence-corrected chi connectivity index (χ0v) is 24.8. The third-order valence-electron chi connectivity index (χ3n) is 6.75. The summed E-state index contributed by atoms with van der Waals surface area (Å²) in [7, 11) is 0. The van der Waals surface area contributed by atoms with Gasteiger partial charge in [0.05, 0.1) is 37.6 Å². The van der Waals surface area contributed by atoms with Gasteiger partial charge in [-0.1, -0.05) is 26.7 Å². The van der Waals surface area contributed by atoms with Crippen LogP contribution in [0, 0.1) is 17.8 Å². The Kier molecular flexibility index (Phi) is 21.6. The molecule has 0 aliphatic heterocycles. The van der Waals surface area contributed by atoms with E-state index in [9.17, 15) is 43.8 Å². The number of rotatable bonds is 28. The number of nitrogens with one attached hydrogen (secondary N) is 1. The Hall–Kier alpha value is -3.19. The Morgan fingerprint density at radius 3 is 1.88 bits per heavy atom. The van der Waals surface area contributed by atoms with E-state index in [1.54, 1.807) is 6.92 Å². The summed E-state index contributed by atoms with van der Waals surface area (Å²) >= 11 is 0. The normalized spacial score (nSPS) is 13.1. The van der Waals surface area contributed by atoms with Crippen LogP contribution in [0.5, 0.6) is 0 Å². The van der Waals surface area contributed by atoms with Gasteiger partial charge in [-0.2, -0.15) is 0 Å². The van der Waals surface area contributed by atoms with Crippen LogP contribution in [0.15, 0.2) is 0 Å². The lowest BCUT2D eigenvalue weighted by molar-refractivity contribution is -0.145. The van der Waals surface area contributed by atoms with Gasteiger partial charge in [0.1, 0.15) is 18.2 Å². The van der Waals surface area contributed by atoms with Crippen LogP contribution in [0.1, 0.15) is 90.9 Å². The molecule has 0 rings (SSSR count). The van der Waals surface area contributed by atoms with Crippen LogP contribution in [0.4, 0.5) is 0 Å². The Balaban J connectivity index is 4.01. The minimum absolute atomic E-state index is 0.0349. The second-order valence-corrected chi connectivity index (χ2v) is 10.4. The topological polar surface area (TPSA) is 211 Å². The molecule has 0 saturated carbocycles. The van der Waals surface area contributed by atoms with Crippen molar-refractivity contribution < 1.29 is 58.4 Å². The predicted octanol–water partition coefficient (Wildman–Crippen LogP) is 2.67. The van der Waals surface area contributed by atoms with E-state index in [4.69, 9.17) is 14.6 Å². The van der Waals surface area contributed by atoms with E-state index in [0.717, 1.165) is 6.42 Å². The molecule has 42 heavy (non-hydrogen) atoms. The molecule has 1 amide bonds. The molecule has 0 fully saturated rings. The third kappa shape index (κ3) is 20.7. The van der Waals surface area contributed by atoms with Gasteiger partial charge < -0.3 is 30.1 Å². The number of hydrogen-bond donors (Lipinski definition) is 4. The van der Waals surface area contributed by atoms with E-state index < -0.39 is 41.6 Å². The van der Waals surface area contributed by atoms with Crippen molar-refractivity contribution in [2.75, 3.05) is 33.0 Å². The van der Waals surface area contributed by atoms with Gasteiger partial charge in [-0.15, -0.1) is 0 Å². The second kappa shape index (κ2) is 23.4. The molecule has 0 radical (unpaired) electrons. The molecule has 3 unspecified atom stereocenters. The summed E-state index contributed by atoms with van der Waals surface area (Å²) in [6, 6.07) is 0. The first-order chi connectivity index (χ1) is 19.9. The quantitative estimate of drug-likeness (QED) is 0.0954. The van der Waals surface area contributed by atoms with E-state index in [-0.39, 0.29) is 88.8 Å². The maximum atomic E-state index is 12.1. The van der Waals surface area contributed by atoms with Gasteiger partial charge in [0.25, 0.3) is 0 Å². The summed E-state index contributed by atoms with van der Waals surface area (Å²) in [4.78, 5) is 81.1. The van der Waals surface area contributed by atoms with Crippen molar-refractivity contribution in [3.05, 3.63) is 0 Å². The van der Waals surface area contributed by atoms with Crippen LogP contribution in [0.25, 0.3) is 0 Å². The Labute approximate surface area is 246 Å². The molecule has 0 heterocycles. The number of ether oxygens (including phenoxy) is 2. The molecule has 3 atom stereocenters. The molecule has 0 aromatic rings. The third-order valence-corrected chi connectivity index (χ3v) is 6.75. The number of ketones is 3. The Morgan fingerprint density at radius 2 is 1.26 bits per heavy atom. The monoisotopic (exact) mass is 601 g/mol. The molecule has 0 aliphatic carbocycles. The van der Waals surface area contributed by atoms with E-state index in [2.05, 4.69) is 5.32 Å². The number of hydrogen-bond acceptors (Lipinski definition) is 9. The molecular formula is C29H47NO12. The average Bonchev–Trinajstić information content (AvgIpc) is 2.93. The van der Waals surface area contributed by atoms with Gasteiger partial charge in [-0.05, 0) is 25.7 Å². The van der Waals surface area contributed by atoms with Crippen LogP contribution in [-0.2, 0) is 43.0 Å². The van der Waals surface area contributed by atoms with Crippen molar-refractivity contribution >= 4 is 41.2 Å². The number of carbonyl (C=O) groups excluding carboxylic acids is 4. The fraction of sp³-hybridized carbons (Fsp3) is 0.759. The maximum absolute atomic E-state index is 12.1. The second-order valence-electron chi connectivity index (χ2n) is 10.4. The largest absolute Gasteiger partial charge is 0.481 e. The smallest absolute Gasteiger partial charge is 0.306 e. The zero-order chi connectivity index (χ0) is 31.9. The number of aliphatic carboxylic acids is 3. The van der Waals surface area contributed by atoms with Gasteiger partial charge in [0.2, 0.25) is 5.91 Å². The Morgan fingerprint density at radius 1 is 0.643 bits per heavy atom. The van der Waals surface area contributed by atoms with Gasteiger partial charge in [-0.25, -0.2) is 0 Å². The van der Waals surface area contributed by atoms with Crippen molar-refractivity contribution in [3.63, 3.8) is 0 Å². The minimum Gasteiger partial charge on any atom is -0.481 e. The number of carbonyl (C=O) groups is 7. The standard InChI is InChI=1S/C29H47NO12/c1-3-23(31)8-6-4-5-7-21(28(37)38)18-25(33)19-42-16-15-41-14-13-30-26(34)12-10-22(29(39)40)17-24(32)11-9-20(2)27(35)36/h20-22H,3-19H2,1-2H3,(H,30,34)(H,35,36)(H,37,38)(H,39,40). The predicted molar refractivity (Wildman–Crippen MR) is 150 cm³/mol. The maximum Gasteiger partial charge on any atom is 0.306 e. The van der Waals surface area contributed by atoms with Crippen molar-refractivity contribution in [3.8, 4) is 0 Å². The molecule has 0 bridgehead atoms. The lowest BCUT2D eigenvalue weighted by Gasteiger charge is -2.13. The summed E-state index contributed by atoms with van der Waals surface area (Å²) in [6.07, 6.45) is 2.98. The first-order valence-electron chi connectivity index (χ1n) is 14.5. The summed E-state index contributed by atoms with van der Waals surface area (Å²) in [6.45, 7) is 3.59. The summed E-state index contributed by atoms with van der Waals surface area (Å²) < 4.78 is 10.6. The summed E-state index contributed by atoms with van der Waals surface area (Å²) in [5.74, 6) is -6.69. The molecule has 13 nitrogen and oxygen atoms in total. The first kappa shape index (κ1) is 38.8. The lowest BCUT2D eigenvalue weighted by Crippen LogP contribution is -2.29. The van der Waals surface area contributed by atoms with E-state index in [0.29, 0.717) is 32.1 Å². The number of amides is 1. The summed E-state index contributed by atoms with van der Waals surface area (Å²) in [5, 5.41) is 30.1. The molecule has 0 aromatic carbocycles. The van der Waals surface area contributed by atoms with E-state index in [1.807, 2.05) is 0 Å². The number of Topliss-reactive ketones (excluding diaryl/α,β-unsaturated/α-hetero) is 3. The van der Waals surface area contributed by atoms with Gasteiger partial charge >= 0.3 is 17.9 Å². The number of unbranched alkanes of at least 4 members (excludes halogenated alkanes) is 2. The SMILES string of the molecule is CCC(=O)CCCCCC(CC(=O)COCCOCCNC(=O)CCC(CC(=O)CCC(C)C(=O)O)C(=O)O)C(=O)O. The van der Waals surface area contributed by atoms with Gasteiger partial charge in [0.15, 0.2) is 5.78 Å². The van der Waals surface area contributed by atoms with Crippen LogP contribution in [-0.4, -0.2) is 89.5 Å². The van der Waals surface area contributed by atoms with Crippen molar-refractivity contribution in [2.45, 2.75) is 90.9 Å². The molecule has 0 saturated heterocycles. The van der Waals surface area contributed by atoms with Crippen molar-refractivity contribution in [1.82, 2.24) is 5.32 Å². The molecule has 13 heteroatoms. The van der Waals surface area contributed by atoms with E-state index >= 15 is 0 Å².